The smallest absolute Gasteiger partial charge is 0.132 e. The lowest BCUT2D eigenvalue weighted by Crippen LogP contribution is -2.05. The SMILES string of the molecule is CC.CCCCCC(C)C(C)=O. The van der Waals surface area contributed by atoms with Crippen molar-refractivity contribution in [2.75, 3.05) is 0 Å². The number of rotatable bonds is 5. The van der Waals surface area contributed by atoms with Crippen molar-refractivity contribution in [2.24, 2.45) is 5.92 Å². The first-order valence-corrected chi connectivity index (χ1v) is 5.19. The molecule has 0 aliphatic heterocycles. The molecule has 0 heterocycles. The van der Waals surface area contributed by atoms with Crippen LogP contribution in [0.3, 0.4) is 0 Å². The molecule has 74 valence electrons. The van der Waals surface area contributed by atoms with Gasteiger partial charge in [0, 0.05) is 5.92 Å². The van der Waals surface area contributed by atoms with Crippen molar-refractivity contribution in [1.82, 2.24) is 0 Å². The van der Waals surface area contributed by atoms with E-state index in [0.29, 0.717) is 5.78 Å². The van der Waals surface area contributed by atoms with Gasteiger partial charge in [-0.1, -0.05) is 47.0 Å². The van der Waals surface area contributed by atoms with Crippen LogP contribution < -0.4 is 0 Å². The van der Waals surface area contributed by atoms with Crippen LogP contribution in [0.2, 0.25) is 0 Å². The Morgan fingerprint density at radius 2 is 1.75 bits per heavy atom. The lowest BCUT2D eigenvalue weighted by molar-refractivity contribution is -0.120. The number of hydrogen-bond acceptors (Lipinski definition) is 1. The molecule has 0 bridgehead atoms. The molecule has 0 aliphatic rings. The molecule has 0 spiro atoms. The van der Waals surface area contributed by atoms with E-state index < -0.39 is 0 Å². The molecule has 1 unspecified atom stereocenters. The standard InChI is InChI=1S/C9H18O.C2H6/c1-4-5-6-7-8(2)9(3)10;1-2/h8H,4-7H2,1-3H3;1-2H3. The molecule has 0 amide bonds. The summed E-state index contributed by atoms with van der Waals surface area (Å²) in [6, 6.07) is 0. The Bertz CT molecular complexity index is 97.2. The zero-order chi connectivity index (χ0) is 9.98. The first-order valence-electron chi connectivity index (χ1n) is 5.19. The van der Waals surface area contributed by atoms with Gasteiger partial charge in [0.2, 0.25) is 0 Å². The van der Waals surface area contributed by atoms with Crippen molar-refractivity contribution < 1.29 is 4.79 Å². The van der Waals surface area contributed by atoms with Gasteiger partial charge in [0.25, 0.3) is 0 Å². The molecule has 0 aromatic carbocycles. The van der Waals surface area contributed by atoms with E-state index in [1.165, 1.54) is 19.3 Å². The average molecular weight is 172 g/mol. The molecular weight excluding hydrogens is 148 g/mol. The quantitative estimate of drug-likeness (QED) is 0.576. The summed E-state index contributed by atoms with van der Waals surface area (Å²) in [5.41, 5.74) is 0. The maximum Gasteiger partial charge on any atom is 0.132 e. The van der Waals surface area contributed by atoms with Gasteiger partial charge in [-0.25, -0.2) is 0 Å². The molecule has 1 heteroatoms. The summed E-state index contributed by atoms with van der Waals surface area (Å²) >= 11 is 0. The Balaban J connectivity index is 0. The van der Waals surface area contributed by atoms with Gasteiger partial charge in [0.15, 0.2) is 0 Å². The van der Waals surface area contributed by atoms with Gasteiger partial charge in [-0.2, -0.15) is 0 Å². The van der Waals surface area contributed by atoms with Gasteiger partial charge in [0.05, 0.1) is 0 Å². The summed E-state index contributed by atoms with van der Waals surface area (Å²) in [6.07, 6.45) is 4.78. The topological polar surface area (TPSA) is 17.1 Å². The van der Waals surface area contributed by atoms with Crippen molar-refractivity contribution in [2.45, 2.75) is 60.3 Å². The van der Waals surface area contributed by atoms with E-state index in [2.05, 4.69) is 6.92 Å². The fraction of sp³-hybridized carbons (Fsp3) is 0.909. The highest BCUT2D eigenvalue weighted by atomic mass is 16.1. The molecule has 0 aromatic heterocycles. The Hall–Kier alpha value is -0.330. The van der Waals surface area contributed by atoms with Crippen LogP contribution in [0.25, 0.3) is 0 Å². The van der Waals surface area contributed by atoms with Crippen molar-refractivity contribution in [1.29, 1.82) is 0 Å². The Labute approximate surface area is 77.6 Å². The number of carbonyl (C=O) groups excluding carboxylic acids is 1. The van der Waals surface area contributed by atoms with E-state index in [-0.39, 0.29) is 5.92 Å². The van der Waals surface area contributed by atoms with Crippen LogP contribution in [-0.4, -0.2) is 5.78 Å². The molecule has 0 N–H and O–H groups in total. The second-order valence-electron chi connectivity index (χ2n) is 3.01. The molecule has 0 saturated heterocycles. The van der Waals surface area contributed by atoms with E-state index in [4.69, 9.17) is 0 Å². The number of Topliss-reactive ketones (excluding diaryl/α,β-unsaturated/α-hetero) is 1. The second-order valence-corrected chi connectivity index (χ2v) is 3.01. The first-order chi connectivity index (χ1) is 5.68. The third-order valence-corrected chi connectivity index (χ3v) is 1.93. The highest BCUT2D eigenvalue weighted by Crippen LogP contribution is 2.09. The molecule has 0 aliphatic carbocycles. The maximum absolute atomic E-state index is 10.7. The van der Waals surface area contributed by atoms with Gasteiger partial charge in [-0.05, 0) is 13.3 Å². The zero-order valence-corrected chi connectivity index (χ0v) is 9.31. The molecule has 0 saturated carbocycles. The minimum Gasteiger partial charge on any atom is -0.300 e. The van der Waals surface area contributed by atoms with Crippen molar-refractivity contribution >= 4 is 5.78 Å². The number of carbonyl (C=O) groups is 1. The van der Waals surface area contributed by atoms with Gasteiger partial charge < -0.3 is 0 Å². The summed E-state index contributed by atoms with van der Waals surface area (Å²) in [6.45, 7) is 9.87. The third-order valence-electron chi connectivity index (χ3n) is 1.93. The van der Waals surface area contributed by atoms with E-state index in [9.17, 15) is 4.79 Å². The molecule has 0 rings (SSSR count). The van der Waals surface area contributed by atoms with E-state index >= 15 is 0 Å². The van der Waals surface area contributed by atoms with Crippen molar-refractivity contribution in [3.05, 3.63) is 0 Å². The lowest BCUT2D eigenvalue weighted by atomic mass is 10.0. The van der Waals surface area contributed by atoms with Crippen LogP contribution in [-0.2, 0) is 4.79 Å². The highest BCUT2D eigenvalue weighted by Gasteiger charge is 2.05. The predicted octanol–water partition coefficient (Wildman–Crippen LogP) is 3.82. The maximum atomic E-state index is 10.7. The van der Waals surface area contributed by atoms with Gasteiger partial charge in [0.1, 0.15) is 5.78 Å². The first kappa shape index (κ1) is 14.2. The van der Waals surface area contributed by atoms with Crippen LogP contribution in [0.1, 0.15) is 60.3 Å². The van der Waals surface area contributed by atoms with Crippen LogP contribution in [0.15, 0.2) is 0 Å². The van der Waals surface area contributed by atoms with Gasteiger partial charge in [-0.15, -0.1) is 0 Å². The number of unbranched alkanes of at least 4 members (excludes halogenated alkanes) is 2. The molecule has 12 heavy (non-hydrogen) atoms. The normalized spacial score (nSPS) is 11.4. The highest BCUT2D eigenvalue weighted by molar-refractivity contribution is 5.77. The van der Waals surface area contributed by atoms with Gasteiger partial charge in [-0.3, -0.25) is 4.79 Å². The number of ketones is 1. The molecule has 1 nitrogen and oxygen atoms in total. The van der Waals surface area contributed by atoms with Crippen molar-refractivity contribution in [3.8, 4) is 0 Å². The van der Waals surface area contributed by atoms with E-state index in [1.54, 1.807) is 6.92 Å². The summed E-state index contributed by atoms with van der Waals surface area (Å²) < 4.78 is 0. The summed E-state index contributed by atoms with van der Waals surface area (Å²) in [5, 5.41) is 0. The fourth-order valence-corrected chi connectivity index (χ4v) is 0.904. The number of hydrogen-bond donors (Lipinski definition) is 0. The molecule has 0 radical (unpaired) electrons. The van der Waals surface area contributed by atoms with E-state index in [1.807, 2.05) is 20.8 Å². The molecule has 0 aromatic rings. The predicted molar refractivity (Wildman–Crippen MR) is 55.3 cm³/mol. The van der Waals surface area contributed by atoms with Crippen LogP contribution >= 0.6 is 0 Å². The summed E-state index contributed by atoms with van der Waals surface area (Å²) in [5.74, 6) is 0.614. The summed E-state index contributed by atoms with van der Waals surface area (Å²) in [7, 11) is 0. The molecule has 1 atom stereocenters. The molecule has 0 fully saturated rings. The summed E-state index contributed by atoms with van der Waals surface area (Å²) in [4.78, 5) is 10.7. The molecular formula is C11H24O. The van der Waals surface area contributed by atoms with E-state index in [0.717, 1.165) is 6.42 Å². The largest absolute Gasteiger partial charge is 0.300 e. The average Bonchev–Trinajstić information content (AvgIpc) is 2.08. The zero-order valence-electron chi connectivity index (χ0n) is 9.31. The van der Waals surface area contributed by atoms with Gasteiger partial charge >= 0.3 is 0 Å². The Morgan fingerprint density at radius 3 is 2.08 bits per heavy atom. The minimum atomic E-state index is 0.284. The Kier molecular flexibility index (Phi) is 12.6. The van der Waals surface area contributed by atoms with Crippen LogP contribution in [0.4, 0.5) is 0 Å². The van der Waals surface area contributed by atoms with Crippen LogP contribution in [0.5, 0.6) is 0 Å². The second kappa shape index (κ2) is 10.7. The third kappa shape index (κ3) is 9.67. The lowest BCUT2D eigenvalue weighted by Gasteiger charge is -2.04. The minimum absolute atomic E-state index is 0.284. The fourth-order valence-electron chi connectivity index (χ4n) is 0.904. The Morgan fingerprint density at radius 1 is 1.25 bits per heavy atom. The van der Waals surface area contributed by atoms with Crippen molar-refractivity contribution in [3.63, 3.8) is 0 Å². The monoisotopic (exact) mass is 172 g/mol. The van der Waals surface area contributed by atoms with Crippen LogP contribution in [0, 0.1) is 5.92 Å².